The van der Waals surface area contributed by atoms with Gasteiger partial charge in [0, 0.05) is 21.7 Å². The molecule has 2 amide bonds. The molecule has 7 heteroatoms. The molecule has 150 valence electrons. The molecule has 28 heavy (non-hydrogen) atoms. The largest absolute Gasteiger partial charge is 0.484 e. The number of carbonyl (C=O) groups excluding carboxylic acids is 2. The molecule has 0 bridgehead atoms. The number of nitrogens with one attached hydrogen (secondary N) is 1. The van der Waals surface area contributed by atoms with Crippen molar-refractivity contribution in [3.8, 4) is 5.75 Å². The first-order valence-corrected chi connectivity index (χ1v) is 10.6. The molecule has 2 aromatic carbocycles. The van der Waals surface area contributed by atoms with Crippen LogP contribution in [-0.2, 0) is 16.1 Å². The second kappa shape index (κ2) is 11.3. The average Bonchev–Trinajstić information content (AvgIpc) is 2.69. The number of benzene rings is 2. The molecule has 2 rings (SSSR count). The van der Waals surface area contributed by atoms with Crippen molar-refractivity contribution in [2.45, 2.75) is 32.9 Å². The first kappa shape index (κ1) is 22.5. The van der Waals surface area contributed by atoms with E-state index in [4.69, 9.17) is 16.3 Å². The van der Waals surface area contributed by atoms with Crippen molar-refractivity contribution >= 4 is 46.0 Å². The Hall–Kier alpha value is -1.80. The molecule has 1 N–H and O–H groups in total. The van der Waals surface area contributed by atoms with Crippen LogP contribution in [0.3, 0.4) is 0 Å². The van der Waals surface area contributed by atoms with Crippen LogP contribution in [0.1, 0.15) is 25.8 Å². The fourth-order valence-corrected chi connectivity index (χ4v) is 3.14. The van der Waals surface area contributed by atoms with Crippen LogP contribution < -0.4 is 10.1 Å². The summed E-state index contributed by atoms with van der Waals surface area (Å²) in [6, 6.07) is 14.1. The molecule has 0 spiro atoms. The Morgan fingerprint density at radius 1 is 1.21 bits per heavy atom. The summed E-state index contributed by atoms with van der Waals surface area (Å²) in [5.74, 6) is 0.156. The number of hydrogen-bond acceptors (Lipinski definition) is 3. The van der Waals surface area contributed by atoms with Crippen LogP contribution >= 0.6 is 34.2 Å². The second-order valence-electron chi connectivity index (χ2n) is 6.36. The summed E-state index contributed by atoms with van der Waals surface area (Å²) in [5.41, 5.74) is 0.852. The molecule has 0 fully saturated rings. The van der Waals surface area contributed by atoms with E-state index in [0.717, 1.165) is 15.6 Å². The predicted octanol–water partition coefficient (Wildman–Crippen LogP) is 4.27. The standard InChI is InChI=1S/C21H24ClIN2O3/c1-3-11-24-21(27)15(2)25(13-16-5-4-6-17(22)12-16)20(26)14-28-19-9-7-18(23)8-10-19/h4-10,12,15H,3,11,13-14H2,1-2H3,(H,24,27)/t15-/m0/s1. The SMILES string of the molecule is CCCNC(=O)[C@H](C)N(Cc1cccc(Cl)c1)C(=O)COc1ccc(I)cc1. The summed E-state index contributed by atoms with van der Waals surface area (Å²) in [6.07, 6.45) is 0.830. The quantitative estimate of drug-likeness (QED) is 0.509. The van der Waals surface area contributed by atoms with Gasteiger partial charge in [-0.2, -0.15) is 0 Å². The van der Waals surface area contributed by atoms with E-state index < -0.39 is 6.04 Å². The van der Waals surface area contributed by atoms with Crippen LogP contribution in [0.2, 0.25) is 5.02 Å². The van der Waals surface area contributed by atoms with Crippen molar-refractivity contribution in [2.75, 3.05) is 13.2 Å². The summed E-state index contributed by atoms with van der Waals surface area (Å²) >= 11 is 8.27. The van der Waals surface area contributed by atoms with Gasteiger partial charge in [0.2, 0.25) is 5.91 Å². The molecule has 0 saturated carbocycles. The monoisotopic (exact) mass is 514 g/mol. The van der Waals surface area contributed by atoms with E-state index in [1.807, 2.05) is 43.3 Å². The highest BCUT2D eigenvalue weighted by atomic mass is 127. The molecular weight excluding hydrogens is 491 g/mol. The van der Waals surface area contributed by atoms with Gasteiger partial charge >= 0.3 is 0 Å². The molecule has 0 aliphatic carbocycles. The lowest BCUT2D eigenvalue weighted by Gasteiger charge is -2.28. The van der Waals surface area contributed by atoms with Gasteiger partial charge in [-0.05, 0) is 77.9 Å². The lowest BCUT2D eigenvalue weighted by atomic mass is 10.1. The summed E-state index contributed by atoms with van der Waals surface area (Å²) in [5, 5.41) is 3.43. The first-order valence-electron chi connectivity index (χ1n) is 9.10. The van der Waals surface area contributed by atoms with Gasteiger partial charge in [-0.15, -0.1) is 0 Å². The zero-order valence-corrected chi connectivity index (χ0v) is 18.9. The molecular formula is C21H24ClIN2O3. The minimum Gasteiger partial charge on any atom is -0.484 e. The summed E-state index contributed by atoms with van der Waals surface area (Å²) in [6.45, 7) is 4.40. The van der Waals surface area contributed by atoms with E-state index in [0.29, 0.717) is 17.3 Å². The number of amides is 2. The van der Waals surface area contributed by atoms with Crippen LogP contribution in [0.25, 0.3) is 0 Å². The molecule has 0 aromatic heterocycles. The van der Waals surface area contributed by atoms with Gasteiger partial charge in [-0.1, -0.05) is 30.7 Å². The maximum Gasteiger partial charge on any atom is 0.261 e. The summed E-state index contributed by atoms with van der Waals surface area (Å²) < 4.78 is 6.71. The molecule has 0 aliphatic rings. The fourth-order valence-electron chi connectivity index (χ4n) is 2.57. The number of nitrogens with zero attached hydrogens (tertiary/aromatic N) is 1. The van der Waals surface area contributed by atoms with E-state index in [-0.39, 0.29) is 25.0 Å². The van der Waals surface area contributed by atoms with Gasteiger partial charge in [-0.3, -0.25) is 9.59 Å². The maximum absolute atomic E-state index is 12.9. The van der Waals surface area contributed by atoms with Gasteiger partial charge in [0.25, 0.3) is 5.91 Å². The molecule has 5 nitrogen and oxygen atoms in total. The van der Waals surface area contributed by atoms with E-state index in [1.165, 1.54) is 4.90 Å². The van der Waals surface area contributed by atoms with Crippen molar-refractivity contribution in [2.24, 2.45) is 0 Å². The Bertz CT molecular complexity index is 798. The molecule has 0 saturated heterocycles. The number of hydrogen-bond donors (Lipinski definition) is 1. The number of carbonyl (C=O) groups is 2. The van der Waals surface area contributed by atoms with Crippen LogP contribution in [0.4, 0.5) is 0 Å². The Morgan fingerprint density at radius 3 is 2.57 bits per heavy atom. The summed E-state index contributed by atoms with van der Waals surface area (Å²) in [4.78, 5) is 26.8. The third-order valence-corrected chi connectivity index (χ3v) is 5.09. The number of ether oxygens (including phenoxy) is 1. The molecule has 0 radical (unpaired) electrons. The van der Waals surface area contributed by atoms with Crippen LogP contribution in [0.5, 0.6) is 5.75 Å². The predicted molar refractivity (Wildman–Crippen MR) is 119 cm³/mol. The average molecular weight is 515 g/mol. The van der Waals surface area contributed by atoms with Crippen molar-refractivity contribution in [1.29, 1.82) is 0 Å². The summed E-state index contributed by atoms with van der Waals surface area (Å²) in [7, 11) is 0. The Morgan fingerprint density at radius 2 is 1.93 bits per heavy atom. The molecule has 2 aromatic rings. The van der Waals surface area contributed by atoms with Crippen molar-refractivity contribution < 1.29 is 14.3 Å². The molecule has 0 heterocycles. The number of rotatable bonds is 9. The highest BCUT2D eigenvalue weighted by Gasteiger charge is 2.26. The highest BCUT2D eigenvalue weighted by Crippen LogP contribution is 2.16. The normalized spacial score (nSPS) is 11.6. The van der Waals surface area contributed by atoms with Gasteiger partial charge in [0.15, 0.2) is 6.61 Å². The third kappa shape index (κ3) is 6.98. The minimum atomic E-state index is -0.627. The van der Waals surface area contributed by atoms with E-state index in [1.54, 1.807) is 19.1 Å². The van der Waals surface area contributed by atoms with Crippen molar-refractivity contribution in [3.05, 3.63) is 62.7 Å². The van der Waals surface area contributed by atoms with Crippen molar-refractivity contribution in [1.82, 2.24) is 10.2 Å². The number of halogens is 2. The fraction of sp³-hybridized carbons (Fsp3) is 0.333. The minimum absolute atomic E-state index is 0.146. The molecule has 0 unspecified atom stereocenters. The van der Waals surface area contributed by atoms with E-state index in [9.17, 15) is 9.59 Å². The second-order valence-corrected chi connectivity index (χ2v) is 8.04. The smallest absolute Gasteiger partial charge is 0.261 e. The third-order valence-electron chi connectivity index (χ3n) is 4.13. The lowest BCUT2D eigenvalue weighted by molar-refractivity contribution is -0.142. The van der Waals surface area contributed by atoms with Gasteiger partial charge in [0.1, 0.15) is 11.8 Å². The zero-order chi connectivity index (χ0) is 20.5. The van der Waals surface area contributed by atoms with E-state index in [2.05, 4.69) is 27.9 Å². The maximum atomic E-state index is 12.9. The zero-order valence-electron chi connectivity index (χ0n) is 16.0. The van der Waals surface area contributed by atoms with Crippen molar-refractivity contribution in [3.63, 3.8) is 0 Å². The lowest BCUT2D eigenvalue weighted by Crippen LogP contribution is -2.49. The van der Waals surface area contributed by atoms with E-state index >= 15 is 0 Å². The van der Waals surface area contributed by atoms with Gasteiger partial charge < -0.3 is 15.0 Å². The highest BCUT2D eigenvalue weighted by molar-refractivity contribution is 14.1. The molecule has 1 atom stereocenters. The topological polar surface area (TPSA) is 58.6 Å². The van der Waals surface area contributed by atoms with Crippen LogP contribution in [-0.4, -0.2) is 35.9 Å². The Kier molecular flexibility index (Phi) is 9.05. The van der Waals surface area contributed by atoms with Gasteiger partial charge in [-0.25, -0.2) is 0 Å². The van der Waals surface area contributed by atoms with Gasteiger partial charge in [0.05, 0.1) is 0 Å². The Labute approximate surface area is 184 Å². The van der Waals surface area contributed by atoms with Crippen LogP contribution in [0, 0.1) is 3.57 Å². The van der Waals surface area contributed by atoms with Crippen LogP contribution in [0.15, 0.2) is 48.5 Å². The molecule has 0 aliphatic heterocycles. The Balaban J connectivity index is 2.12. The first-order chi connectivity index (χ1) is 13.4.